The van der Waals surface area contributed by atoms with Crippen LogP contribution < -0.4 is 0 Å². The Balaban J connectivity index is 2.01. The largest absolute Gasteiger partial charge is 0.390 e. The minimum atomic E-state index is -0.628. The summed E-state index contributed by atoms with van der Waals surface area (Å²) >= 11 is 0. The Labute approximate surface area is 114 Å². The third-order valence-corrected chi connectivity index (χ3v) is 4.03. The molecule has 5 heteroatoms. The monoisotopic (exact) mass is 265 g/mol. The van der Waals surface area contributed by atoms with Gasteiger partial charge in [0.05, 0.1) is 17.7 Å². The predicted octanol–water partition coefficient (Wildman–Crippen LogP) is 1.33. The fourth-order valence-corrected chi connectivity index (χ4v) is 2.61. The predicted molar refractivity (Wildman–Crippen MR) is 72.8 cm³/mol. The van der Waals surface area contributed by atoms with Crippen LogP contribution in [0.2, 0.25) is 0 Å². The van der Waals surface area contributed by atoms with Crippen LogP contribution in [0.3, 0.4) is 0 Å². The molecule has 106 valence electrons. The topological polar surface area (TPSA) is 69.2 Å². The van der Waals surface area contributed by atoms with Crippen LogP contribution in [0.15, 0.2) is 0 Å². The van der Waals surface area contributed by atoms with Crippen molar-refractivity contribution in [3.05, 3.63) is 17.0 Å². The summed E-state index contributed by atoms with van der Waals surface area (Å²) in [5.74, 6) is 0.130. The number of aryl methyl sites for hydroxylation is 2. The van der Waals surface area contributed by atoms with Gasteiger partial charge in [-0.3, -0.25) is 9.89 Å². The van der Waals surface area contributed by atoms with Gasteiger partial charge in [-0.15, -0.1) is 0 Å². The summed E-state index contributed by atoms with van der Waals surface area (Å²) in [6.07, 6.45) is 2.68. The number of hydrogen-bond acceptors (Lipinski definition) is 3. The molecule has 1 atom stereocenters. The summed E-state index contributed by atoms with van der Waals surface area (Å²) in [5.41, 5.74) is 2.23. The molecule has 1 unspecified atom stereocenters. The summed E-state index contributed by atoms with van der Waals surface area (Å²) in [7, 11) is 0. The lowest BCUT2D eigenvalue weighted by molar-refractivity contribution is -0.130. The van der Waals surface area contributed by atoms with Crippen LogP contribution >= 0.6 is 0 Å². The molecule has 1 aromatic heterocycles. The van der Waals surface area contributed by atoms with Crippen molar-refractivity contribution in [3.8, 4) is 0 Å². The lowest BCUT2D eigenvalue weighted by atomic mass is 9.98. The van der Waals surface area contributed by atoms with Gasteiger partial charge in [0.1, 0.15) is 0 Å². The fraction of sp³-hybridized carbons (Fsp3) is 0.714. The summed E-state index contributed by atoms with van der Waals surface area (Å²) in [5, 5.41) is 17.1. The molecule has 2 rings (SSSR count). The Morgan fingerprint density at radius 3 is 2.79 bits per heavy atom. The van der Waals surface area contributed by atoms with Gasteiger partial charge >= 0.3 is 0 Å². The van der Waals surface area contributed by atoms with Gasteiger partial charge in [-0.05, 0) is 40.0 Å². The van der Waals surface area contributed by atoms with E-state index in [4.69, 9.17) is 0 Å². The molecule has 1 fully saturated rings. The Hall–Kier alpha value is -1.36. The first kappa shape index (κ1) is 14.1. The molecule has 1 aliphatic heterocycles. The normalized spacial score (nSPS) is 24.3. The maximum absolute atomic E-state index is 12.3. The zero-order valence-corrected chi connectivity index (χ0v) is 12.0. The summed E-state index contributed by atoms with van der Waals surface area (Å²) in [6, 6.07) is 0. The lowest BCUT2D eigenvalue weighted by Crippen LogP contribution is -2.34. The molecule has 0 radical (unpaired) electrons. The van der Waals surface area contributed by atoms with Crippen molar-refractivity contribution in [1.29, 1.82) is 0 Å². The summed E-state index contributed by atoms with van der Waals surface area (Å²) in [6.45, 7) is 7.09. The first-order valence-corrected chi connectivity index (χ1v) is 6.90. The molecular formula is C14H23N3O2. The van der Waals surface area contributed by atoms with Crippen LogP contribution in [0.5, 0.6) is 0 Å². The van der Waals surface area contributed by atoms with Crippen LogP contribution in [0.25, 0.3) is 0 Å². The number of aliphatic hydroxyl groups is 1. The van der Waals surface area contributed by atoms with Gasteiger partial charge in [-0.25, -0.2) is 0 Å². The summed E-state index contributed by atoms with van der Waals surface area (Å²) in [4.78, 5) is 14.2. The van der Waals surface area contributed by atoms with E-state index in [2.05, 4.69) is 10.2 Å². The van der Waals surface area contributed by atoms with Gasteiger partial charge in [0.15, 0.2) is 0 Å². The molecule has 5 nitrogen and oxygen atoms in total. The number of hydrogen-bond donors (Lipinski definition) is 2. The highest BCUT2D eigenvalue weighted by Gasteiger charge is 2.27. The molecule has 0 saturated carbocycles. The van der Waals surface area contributed by atoms with Crippen LogP contribution in [0.1, 0.15) is 43.1 Å². The summed E-state index contributed by atoms with van der Waals surface area (Å²) < 4.78 is 0. The number of aromatic amines is 1. The molecule has 2 heterocycles. The molecule has 1 amide bonds. The number of nitrogens with zero attached hydrogens (tertiary/aromatic N) is 2. The zero-order valence-electron chi connectivity index (χ0n) is 12.0. The van der Waals surface area contributed by atoms with Crippen molar-refractivity contribution < 1.29 is 9.90 Å². The van der Waals surface area contributed by atoms with E-state index >= 15 is 0 Å². The first-order valence-electron chi connectivity index (χ1n) is 6.90. The first-order chi connectivity index (χ1) is 8.89. The number of rotatable bonds is 2. The number of amides is 1. The maximum atomic E-state index is 12.3. The van der Waals surface area contributed by atoms with Gasteiger partial charge in [-0.2, -0.15) is 5.10 Å². The van der Waals surface area contributed by atoms with Crippen molar-refractivity contribution in [1.82, 2.24) is 15.1 Å². The molecule has 0 bridgehead atoms. The zero-order chi connectivity index (χ0) is 14.0. The van der Waals surface area contributed by atoms with E-state index in [0.29, 0.717) is 19.4 Å². The molecule has 0 spiro atoms. The molecule has 0 aliphatic carbocycles. The average molecular weight is 265 g/mol. The highest BCUT2D eigenvalue weighted by Crippen LogP contribution is 2.22. The third kappa shape index (κ3) is 3.35. The number of carbonyl (C=O) groups is 1. The third-order valence-electron chi connectivity index (χ3n) is 4.03. The second-order valence-corrected chi connectivity index (χ2v) is 5.82. The highest BCUT2D eigenvalue weighted by atomic mass is 16.3. The van der Waals surface area contributed by atoms with E-state index < -0.39 is 5.60 Å². The molecule has 0 aromatic carbocycles. The molecular weight excluding hydrogens is 242 g/mol. The average Bonchev–Trinajstić information content (AvgIpc) is 2.55. The number of carbonyl (C=O) groups excluding carboxylic acids is 1. The van der Waals surface area contributed by atoms with Crippen LogP contribution in [0, 0.1) is 13.8 Å². The van der Waals surface area contributed by atoms with Gasteiger partial charge in [0.25, 0.3) is 0 Å². The van der Waals surface area contributed by atoms with Crippen molar-refractivity contribution in [3.63, 3.8) is 0 Å². The molecule has 2 N–H and O–H groups in total. The second kappa shape index (κ2) is 5.33. The van der Waals surface area contributed by atoms with E-state index in [1.807, 2.05) is 25.7 Å². The van der Waals surface area contributed by atoms with Crippen LogP contribution in [-0.4, -0.2) is 44.8 Å². The van der Waals surface area contributed by atoms with Gasteiger partial charge < -0.3 is 10.0 Å². The number of likely N-dealkylation sites (tertiary alicyclic amines) is 1. The Morgan fingerprint density at radius 1 is 1.42 bits per heavy atom. The van der Waals surface area contributed by atoms with Crippen LogP contribution in [-0.2, 0) is 11.2 Å². The van der Waals surface area contributed by atoms with Gasteiger partial charge in [0, 0.05) is 24.3 Å². The number of aromatic nitrogens is 2. The standard InChI is InChI=1S/C14H23N3O2/c1-10-12(11(2)16-15-10)9-13(18)17-7-4-5-14(3,19)6-8-17/h19H,4-9H2,1-3H3,(H,15,16). The molecule has 1 aliphatic rings. The highest BCUT2D eigenvalue weighted by molar-refractivity contribution is 5.79. The van der Waals surface area contributed by atoms with E-state index in [1.165, 1.54) is 0 Å². The number of nitrogens with one attached hydrogen (secondary N) is 1. The smallest absolute Gasteiger partial charge is 0.227 e. The van der Waals surface area contributed by atoms with Crippen molar-refractivity contribution in [2.45, 2.75) is 52.1 Å². The van der Waals surface area contributed by atoms with E-state index in [9.17, 15) is 9.90 Å². The Morgan fingerprint density at radius 2 is 2.16 bits per heavy atom. The second-order valence-electron chi connectivity index (χ2n) is 5.82. The van der Waals surface area contributed by atoms with Gasteiger partial charge in [-0.1, -0.05) is 0 Å². The van der Waals surface area contributed by atoms with E-state index in [-0.39, 0.29) is 5.91 Å². The Bertz CT molecular complexity index is 446. The maximum Gasteiger partial charge on any atom is 0.227 e. The minimum Gasteiger partial charge on any atom is -0.390 e. The molecule has 1 saturated heterocycles. The SMILES string of the molecule is Cc1n[nH]c(C)c1CC(=O)N1CCCC(C)(O)CC1. The number of H-pyrrole nitrogens is 1. The molecule has 19 heavy (non-hydrogen) atoms. The fourth-order valence-electron chi connectivity index (χ4n) is 2.61. The van der Waals surface area contributed by atoms with Crippen molar-refractivity contribution in [2.75, 3.05) is 13.1 Å². The van der Waals surface area contributed by atoms with E-state index in [0.717, 1.165) is 36.3 Å². The quantitative estimate of drug-likeness (QED) is 0.847. The van der Waals surface area contributed by atoms with E-state index in [1.54, 1.807) is 0 Å². The molecule has 1 aromatic rings. The van der Waals surface area contributed by atoms with Crippen LogP contribution in [0.4, 0.5) is 0 Å². The van der Waals surface area contributed by atoms with Gasteiger partial charge in [0.2, 0.25) is 5.91 Å². The lowest BCUT2D eigenvalue weighted by Gasteiger charge is -2.22. The van der Waals surface area contributed by atoms with Crippen molar-refractivity contribution >= 4 is 5.91 Å². The minimum absolute atomic E-state index is 0.130. The Kier molecular flexibility index (Phi) is 3.94. The van der Waals surface area contributed by atoms with Crippen molar-refractivity contribution in [2.24, 2.45) is 0 Å².